The summed E-state index contributed by atoms with van der Waals surface area (Å²) in [6.45, 7) is -0.683. The van der Waals surface area contributed by atoms with Crippen molar-refractivity contribution in [3.05, 3.63) is 0 Å². The van der Waals surface area contributed by atoms with E-state index in [0.717, 1.165) is 0 Å². The molecule has 0 unspecified atom stereocenters. The molecule has 0 bridgehead atoms. The fourth-order valence-electron chi connectivity index (χ4n) is 1.31. The fourth-order valence-corrected chi connectivity index (χ4v) is 1.31. The molecule has 0 saturated carbocycles. The molecule has 7 nitrogen and oxygen atoms in total. The molecular weight excluding hydrogens is 196 g/mol. The van der Waals surface area contributed by atoms with Crippen LogP contribution in [0.1, 0.15) is 0 Å². The lowest BCUT2D eigenvalue weighted by atomic mass is 9.96. The largest absolute Gasteiger partial charge is 0.394 e. The standard InChI is InChI=1S/C7H14O7/c8-1-2(9)6-4(11)3(10)5(12)7(13)14-6/h2-13H,1H2/t2-,3+,4-,5+,6-,7+/m1/s1. The highest BCUT2D eigenvalue weighted by atomic mass is 16.6. The lowest BCUT2D eigenvalue weighted by Gasteiger charge is -2.39. The Labute approximate surface area is 79.8 Å². The zero-order valence-electron chi connectivity index (χ0n) is 7.26. The third kappa shape index (κ3) is 2.04. The molecule has 1 fully saturated rings. The van der Waals surface area contributed by atoms with Gasteiger partial charge >= 0.3 is 0 Å². The first-order chi connectivity index (χ1) is 6.49. The molecule has 14 heavy (non-hydrogen) atoms. The van der Waals surface area contributed by atoms with E-state index in [9.17, 15) is 10.2 Å². The third-order valence-electron chi connectivity index (χ3n) is 2.19. The number of rotatable bonds is 2. The summed E-state index contributed by atoms with van der Waals surface area (Å²) in [7, 11) is 0. The van der Waals surface area contributed by atoms with Crippen LogP contribution in [0.3, 0.4) is 0 Å². The Bertz CT molecular complexity index is 187. The molecule has 1 saturated heterocycles. The topological polar surface area (TPSA) is 131 Å². The molecule has 6 N–H and O–H groups in total. The van der Waals surface area contributed by atoms with Crippen molar-refractivity contribution in [3.63, 3.8) is 0 Å². The van der Waals surface area contributed by atoms with Crippen molar-refractivity contribution in [1.82, 2.24) is 0 Å². The zero-order chi connectivity index (χ0) is 10.9. The fraction of sp³-hybridized carbons (Fsp3) is 1.00. The molecule has 0 amide bonds. The maximum Gasteiger partial charge on any atom is 0.184 e. The summed E-state index contributed by atoms with van der Waals surface area (Å²) in [5.41, 5.74) is 0. The lowest BCUT2D eigenvalue weighted by Crippen LogP contribution is -2.61. The molecule has 1 aliphatic heterocycles. The number of hydrogen-bond acceptors (Lipinski definition) is 7. The molecule has 1 heterocycles. The SMILES string of the molecule is OC[C@@H](O)[C@H]1O[C@H](O)[C@@H](O)[C@@H](O)[C@H]1O. The minimum Gasteiger partial charge on any atom is -0.394 e. The first kappa shape index (κ1) is 11.8. The average Bonchev–Trinajstić information content (AvgIpc) is 2.19. The minimum atomic E-state index is -1.69. The maximum atomic E-state index is 9.31. The zero-order valence-corrected chi connectivity index (χ0v) is 7.26. The Kier molecular flexibility index (Phi) is 3.78. The van der Waals surface area contributed by atoms with Crippen molar-refractivity contribution in [2.24, 2.45) is 0 Å². The van der Waals surface area contributed by atoms with Crippen molar-refractivity contribution < 1.29 is 35.4 Å². The van der Waals surface area contributed by atoms with Gasteiger partial charge in [-0.15, -0.1) is 0 Å². The Morgan fingerprint density at radius 1 is 1.00 bits per heavy atom. The van der Waals surface area contributed by atoms with Gasteiger partial charge in [-0.1, -0.05) is 0 Å². The monoisotopic (exact) mass is 210 g/mol. The first-order valence-corrected chi connectivity index (χ1v) is 4.15. The van der Waals surface area contributed by atoms with Gasteiger partial charge in [-0.3, -0.25) is 0 Å². The van der Waals surface area contributed by atoms with E-state index in [1.807, 2.05) is 0 Å². The van der Waals surface area contributed by atoms with Crippen molar-refractivity contribution in [2.45, 2.75) is 36.8 Å². The van der Waals surface area contributed by atoms with Crippen LogP contribution in [0, 0.1) is 0 Å². The molecule has 84 valence electrons. The lowest BCUT2D eigenvalue weighted by molar-refractivity contribution is -0.298. The second-order valence-corrected chi connectivity index (χ2v) is 3.21. The molecule has 1 aliphatic rings. The number of hydrogen-bond donors (Lipinski definition) is 6. The van der Waals surface area contributed by atoms with Crippen LogP contribution < -0.4 is 0 Å². The Hall–Kier alpha value is -0.280. The van der Waals surface area contributed by atoms with Crippen LogP contribution >= 0.6 is 0 Å². The van der Waals surface area contributed by atoms with Gasteiger partial charge in [0, 0.05) is 0 Å². The summed E-state index contributed by atoms with van der Waals surface area (Å²) >= 11 is 0. The minimum absolute atomic E-state index is 0.683. The summed E-state index contributed by atoms with van der Waals surface area (Å²) < 4.78 is 4.62. The molecule has 0 aliphatic carbocycles. The van der Waals surface area contributed by atoms with Crippen LogP contribution in [0.15, 0.2) is 0 Å². The van der Waals surface area contributed by atoms with E-state index in [0.29, 0.717) is 0 Å². The van der Waals surface area contributed by atoms with Crippen LogP contribution in [-0.2, 0) is 4.74 Å². The smallest absolute Gasteiger partial charge is 0.184 e. The average molecular weight is 210 g/mol. The third-order valence-corrected chi connectivity index (χ3v) is 2.19. The van der Waals surface area contributed by atoms with Gasteiger partial charge in [0.2, 0.25) is 0 Å². The van der Waals surface area contributed by atoms with E-state index in [4.69, 9.17) is 20.4 Å². The molecule has 0 aromatic heterocycles. The molecule has 7 heteroatoms. The van der Waals surface area contributed by atoms with Gasteiger partial charge in [0.25, 0.3) is 0 Å². The van der Waals surface area contributed by atoms with Crippen LogP contribution in [-0.4, -0.2) is 74.1 Å². The van der Waals surface area contributed by atoms with Crippen LogP contribution in [0.5, 0.6) is 0 Å². The second-order valence-electron chi connectivity index (χ2n) is 3.21. The van der Waals surface area contributed by atoms with Gasteiger partial charge in [-0.2, -0.15) is 0 Å². The summed E-state index contributed by atoms with van der Waals surface area (Å²) in [5.74, 6) is 0. The summed E-state index contributed by atoms with van der Waals surface area (Å²) in [4.78, 5) is 0. The maximum absolute atomic E-state index is 9.31. The normalized spacial score (nSPS) is 46.3. The quantitative estimate of drug-likeness (QED) is 0.275. The van der Waals surface area contributed by atoms with E-state index in [1.54, 1.807) is 0 Å². The second kappa shape index (κ2) is 4.49. The van der Waals surface area contributed by atoms with Crippen molar-refractivity contribution >= 4 is 0 Å². The van der Waals surface area contributed by atoms with Crippen molar-refractivity contribution in [1.29, 1.82) is 0 Å². The summed E-state index contributed by atoms with van der Waals surface area (Å²) in [6, 6.07) is 0. The molecule has 0 aromatic carbocycles. The Balaban J connectivity index is 2.70. The van der Waals surface area contributed by atoms with Gasteiger partial charge in [-0.05, 0) is 0 Å². The highest BCUT2D eigenvalue weighted by Gasteiger charge is 2.45. The molecule has 6 atom stereocenters. The van der Waals surface area contributed by atoms with Gasteiger partial charge in [0.1, 0.15) is 30.5 Å². The molecule has 1 rings (SSSR count). The van der Waals surface area contributed by atoms with Crippen LogP contribution in [0.4, 0.5) is 0 Å². The van der Waals surface area contributed by atoms with E-state index in [-0.39, 0.29) is 0 Å². The van der Waals surface area contributed by atoms with E-state index < -0.39 is 43.4 Å². The molecule has 0 aromatic rings. The van der Waals surface area contributed by atoms with E-state index in [2.05, 4.69) is 4.74 Å². The first-order valence-electron chi connectivity index (χ1n) is 4.15. The van der Waals surface area contributed by atoms with Gasteiger partial charge in [-0.25, -0.2) is 0 Å². The van der Waals surface area contributed by atoms with Crippen molar-refractivity contribution in [2.75, 3.05) is 6.61 Å². The predicted octanol–water partition coefficient (Wildman–Crippen LogP) is -3.86. The summed E-state index contributed by atoms with van der Waals surface area (Å²) in [5, 5.41) is 54.3. The van der Waals surface area contributed by atoms with Gasteiger partial charge in [0.05, 0.1) is 6.61 Å². The van der Waals surface area contributed by atoms with E-state index >= 15 is 0 Å². The number of aliphatic hydroxyl groups excluding tert-OH is 6. The molecule has 0 spiro atoms. The number of ether oxygens (including phenoxy) is 1. The Morgan fingerprint density at radius 2 is 1.57 bits per heavy atom. The Morgan fingerprint density at radius 3 is 2.07 bits per heavy atom. The summed E-state index contributed by atoms with van der Waals surface area (Å²) in [6.07, 6.45) is -9.26. The van der Waals surface area contributed by atoms with Gasteiger partial charge in [0.15, 0.2) is 6.29 Å². The highest BCUT2D eigenvalue weighted by Crippen LogP contribution is 2.21. The van der Waals surface area contributed by atoms with Crippen LogP contribution in [0.2, 0.25) is 0 Å². The van der Waals surface area contributed by atoms with Crippen molar-refractivity contribution in [3.8, 4) is 0 Å². The number of aliphatic hydroxyl groups is 6. The van der Waals surface area contributed by atoms with Crippen LogP contribution in [0.25, 0.3) is 0 Å². The highest BCUT2D eigenvalue weighted by molar-refractivity contribution is 4.91. The predicted molar refractivity (Wildman–Crippen MR) is 42.0 cm³/mol. The van der Waals surface area contributed by atoms with Gasteiger partial charge < -0.3 is 35.4 Å². The molecule has 0 radical (unpaired) electrons. The van der Waals surface area contributed by atoms with E-state index in [1.165, 1.54) is 0 Å². The molecular formula is C7H14O7.